The molecule has 2 rings (SSSR count). The molecule has 1 atom stereocenters. The van der Waals surface area contributed by atoms with Crippen LogP contribution in [0.2, 0.25) is 0 Å². The summed E-state index contributed by atoms with van der Waals surface area (Å²) in [6.45, 7) is 5.53. The first-order valence-electron chi connectivity index (χ1n) is 7.14. The lowest BCUT2D eigenvalue weighted by Gasteiger charge is -2.22. The second-order valence-electron chi connectivity index (χ2n) is 5.64. The Hall–Kier alpha value is -2.37. The zero-order chi connectivity index (χ0) is 17.0. The number of urea groups is 1. The molecule has 0 bridgehead atoms. The summed E-state index contributed by atoms with van der Waals surface area (Å²) in [6.07, 6.45) is 1.59. The Morgan fingerprint density at radius 3 is 2.91 bits per heavy atom. The molecular weight excluding hydrogens is 314 g/mol. The number of anilines is 1. The van der Waals surface area contributed by atoms with Gasteiger partial charge in [0.05, 0.1) is 6.54 Å². The van der Waals surface area contributed by atoms with E-state index in [0.717, 1.165) is 4.88 Å². The molecule has 0 saturated carbocycles. The highest BCUT2D eigenvalue weighted by atomic mass is 32.1. The van der Waals surface area contributed by atoms with Gasteiger partial charge in [0, 0.05) is 17.1 Å². The first-order chi connectivity index (χ1) is 10.8. The van der Waals surface area contributed by atoms with Crippen LogP contribution in [0.25, 0.3) is 0 Å². The van der Waals surface area contributed by atoms with Crippen molar-refractivity contribution in [3.63, 3.8) is 0 Å². The number of carbonyl (C=O) groups excluding carboxylic acids is 1. The molecule has 0 spiro atoms. The van der Waals surface area contributed by atoms with Gasteiger partial charge in [0.15, 0.2) is 5.82 Å². The van der Waals surface area contributed by atoms with Crippen LogP contribution in [0.15, 0.2) is 23.7 Å². The second-order valence-corrected chi connectivity index (χ2v) is 6.58. The van der Waals surface area contributed by atoms with Crippen molar-refractivity contribution in [3.05, 3.63) is 34.2 Å². The van der Waals surface area contributed by atoms with Crippen molar-refractivity contribution < 1.29 is 9.90 Å². The predicted octanol–water partition coefficient (Wildman–Crippen LogP) is 2.43. The Morgan fingerprint density at radius 2 is 2.35 bits per heavy atom. The lowest BCUT2D eigenvalue weighted by atomic mass is 10.1. The van der Waals surface area contributed by atoms with E-state index in [1.54, 1.807) is 17.8 Å². The normalized spacial score (nSPS) is 13.4. The standard InChI is InChI=1S/C15H19N5O2S/c1-10(2)20-8-11(7-16)13(19-20)18-14(21)17-9-15(3,22)12-5-4-6-23-12/h4-6,8,10,22H,9H2,1-3H3,(H2,17,18,19,21). The molecule has 0 radical (unpaired) electrons. The van der Waals surface area contributed by atoms with Crippen molar-refractivity contribution in [1.82, 2.24) is 15.1 Å². The van der Waals surface area contributed by atoms with E-state index in [9.17, 15) is 9.90 Å². The molecule has 1 unspecified atom stereocenters. The third-order valence-electron chi connectivity index (χ3n) is 3.26. The van der Waals surface area contributed by atoms with Gasteiger partial charge in [-0.3, -0.25) is 10.00 Å². The van der Waals surface area contributed by atoms with Crippen LogP contribution in [0, 0.1) is 11.3 Å². The molecule has 8 heteroatoms. The smallest absolute Gasteiger partial charge is 0.320 e. The summed E-state index contributed by atoms with van der Waals surface area (Å²) in [5, 5.41) is 30.6. The van der Waals surface area contributed by atoms with Crippen molar-refractivity contribution >= 4 is 23.2 Å². The fraction of sp³-hybridized carbons (Fsp3) is 0.400. The number of nitrogens with zero attached hydrogens (tertiary/aromatic N) is 3. The molecular formula is C15H19N5O2S. The van der Waals surface area contributed by atoms with E-state index < -0.39 is 11.6 Å². The molecule has 2 amide bonds. The van der Waals surface area contributed by atoms with Crippen LogP contribution in [0.4, 0.5) is 10.6 Å². The summed E-state index contributed by atoms with van der Waals surface area (Å²) in [6, 6.07) is 5.21. The molecule has 122 valence electrons. The monoisotopic (exact) mass is 333 g/mol. The lowest BCUT2D eigenvalue weighted by molar-refractivity contribution is 0.0637. The SMILES string of the molecule is CC(C)n1cc(C#N)c(NC(=O)NCC(C)(O)c2cccs2)n1. The average Bonchev–Trinajstić information content (AvgIpc) is 3.15. The molecule has 2 aromatic heterocycles. The number of carbonyl (C=O) groups is 1. The molecule has 0 fully saturated rings. The molecule has 0 saturated heterocycles. The molecule has 0 aliphatic heterocycles. The van der Waals surface area contributed by atoms with Crippen LogP contribution in [0.1, 0.15) is 37.3 Å². The predicted molar refractivity (Wildman–Crippen MR) is 88.2 cm³/mol. The van der Waals surface area contributed by atoms with Crippen molar-refractivity contribution in [2.45, 2.75) is 32.4 Å². The topological polar surface area (TPSA) is 103 Å². The molecule has 7 nitrogen and oxygen atoms in total. The molecule has 2 heterocycles. The van der Waals surface area contributed by atoms with E-state index in [1.807, 2.05) is 37.4 Å². The molecule has 23 heavy (non-hydrogen) atoms. The minimum absolute atomic E-state index is 0.0477. The first-order valence-corrected chi connectivity index (χ1v) is 8.02. The van der Waals surface area contributed by atoms with Crippen LogP contribution < -0.4 is 10.6 Å². The highest BCUT2D eigenvalue weighted by molar-refractivity contribution is 7.10. The number of nitriles is 1. The number of rotatable bonds is 5. The molecule has 0 aliphatic rings. The van der Waals surface area contributed by atoms with Gasteiger partial charge in [-0.1, -0.05) is 6.07 Å². The Labute approximate surface area is 138 Å². The van der Waals surface area contributed by atoms with Gasteiger partial charge in [0.1, 0.15) is 17.2 Å². The molecule has 0 aliphatic carbocycles. The zero-order valence-electron chi connectivity index (χ0n) is 13.2. The van der Waals surface area contributed by atoms with E-state index in [-0.39, 0.29) is 18.4 Å². The number of aromatic nitrogens is 2. The third kappa shape index (κ3) is 4.09. The Bertz CT molecular complexity index is 713. The van der Waals surface area contributed by atoms with Crippen LogP contribution in [-0.2, 0) is 5.60 Å². The number of amides is 2. The van der Waals surface area contributed by atoms with Crippen molar-refractivity contribution in [2.24, 2.45) is 0 Å². The summed E-state index contributed by atoms with van der Waals surface area (Å²) in [7, 11) is 0. The van der Waals surface area contributed by atoms with Gasteiger partial charge in [0.25, 0.3) is 0 Å². The summed E-state index contributed by atoms with van der Waals surface area (Å²) >= 11 is 1.42. The maximum atomic E-state index is 12.0. The van der Waals surface area contributed by atoms with E-state index >= 15 is 0 Å². The highest BCUT2D eigenvalue weighted by Crippen LogP contribution is 2.24. The van der Waals surface area contributed by atoms with Gasteiger partial charge < -0.3 is 10.4 Å². The summed E-state index contributed by atoms with van der Waals surface area (Å²) < 4.78 is 1.61. The number of aliphatic hydroxyl groups is 1. The number of hydrogen-bond acceptors (Lipinski definition) is 5. The zero-order valence-corrected chi connectivity index (χ0v) is 14.0. The highest BCUT2D eigenvalue weighted by Gasteiger charge is 2.25. The van der Waals surface area contributed by atoms with E-state index in [4.69, 9.17) is 5.26 Å². The van der Waals surface area contributed by atoms with Crippen LogP contribution in [-0.4, -0.2) is 27.5 Å². The van der Waals surface area contributed by atoms with Gasteiger partial charge in [-0.05, 0) is 32.2 Å². The van der Waals surface area contributed by atoms with Crippen LogP contribution in [0.5, 0.6) is 0 Å². The maximum Gasteiger partial charge on any atom is 0.320 e. The molecule has 3 N–H and O–H groups in total. The van der Waals surface area contributed by atoms with Gasteiger partial charge in [-0.25, -0.2) is 4.79 Å². The molecule has 0 aromatic carbocycles. The van der Waals surface area contributed by atoms with Gasteiger partial charge in [-0.2, -0.15) is 10.4 Å². The molecule has 2 aromatic rings. The van der Waals surface area contributed by atoms with E-state index in [0.29, 0.717) is 5.56 Å². The van der Waals surface area contributed by atoms with E-state index in [1.165, 1.54) is 11.3 Å². The van der Waals surface area contributed by atoms with Gasteiger partial charge in [0.2, 0.25) is 0 Å². The minimum atomic E-state index is -1.15. The van der Waals surface area contributed by atoms with Crippen LogP contribution in [0.3, 0.4) is 0 Å². The maximum absolute atomic E-state index is 12.0. The lowest BCUT2D eigenvalue weighted by Crippen LogP contribution is -2.40. The van der Waals surface area contributed by atoms with E-state index in [2.05, 4.69) is 15.7 Å². The van der Waals surface area contributed by atoms with Gasteiger partial charge in [-0.15, -0.1) is 11.3 Å². The first kappa shape index (κ1) is 17.0. The minimum Gasteiger partial charge on any atom is -0.383 e. The number of thiophene rings is 1. The van der Waals surface area contributed by atoms with Crippen molar-refractivity contribution in [2.75, 3.05) is 11.9 Å². The average molecular weight is 333 g/mol. The number of nitrogens with one attached hydrogen (secondary N) is 2. The quantitative estimate of drug-likeness (QED) is 0.782. The summed E-state index contributed by atoms with van der Waals surface area (Å²) in [4.78, 5) is 12.8. The summed E-state index contributed by atoms with van der Waals surface area (Å²) in [5.41, 5.74) is -0.861. The van der Waals surface area contributed by atoms with Gasteiger partial charge >= 0.3 is 6.03 Å². The fourth-order valence-corrected chi connectivity index (χ4v) is 2.69. The fourth-order valence-electron chi connectivity index (χ4n) is 1.91. The van der Waals surface area contributed by atoms with Crippen molar-refractivity contribution in [1.29, 1.82) is 5.26 Å². The van der Waals surface area contributed by atoms with Crippen LogP contribution >= 0.6 is 11.3 Å². The summed E-state index contributed by atoms with van der Waals surface area (Å²) in [5.74, 6) is 0.203. The van der Waals surface area contributed by atoms with Crippen molar-refractivity contribution in [3.8, 4) is 6.07 Å². The Morgan fingerprint density at radius 1 is 1.61 bits per heavy atom. The Kier molecular flexibility index (Phi) is 5.03. The number of hydrogen-bond donors (Lipinski definition) is 3. The Balaban J connectivity index is 1.99. The largest absolute Gasteiger partial charge is 0.383 e. The second kappa shape index (κ2) is 6.81. The third-order valence-corrected chi connectivity index (χ3v) is 4.38.